The third kappa shape index (κ3) is 3.81. The zero-order valence-electron chi connectivity index (χ0n) is 9.66. The van der Waals surface area contributed by atoms with E-state index in [1.807, 2.05) is 0 Å². The van der Waals surface area contributed by atoms with Crippen LogP contribution in [0.3, 0.4) is 0 Å². The van der Waals surface area contributed by atoms with E-state index in [4.69, 9.17) is 10.5 Å². The van der Waals surface area contributed by atoms with E-state index >= 15 is 0 Å². The molecule has 0 amide bonds. The van der Waals surface area contributed by atoms with Gasteiger partial charge in [0.15, 0.2) is 11.6 Å². The number of nitrogen functional groups attached to an aromatic ring is 1. The molecule has 0 aliphatic heterocycles. The van der Waals surface area contributed by atoms with Crippen molar-refractivity contribution in [2.24, 2.45) is 0 Å². The Morgan fingerprint density at radius 1 is 1.53 bits per heavy atom. The summed E-state index contributed by atoms with van der Waals surface area (Å²) in [6.07, 6.45) is 0. The number of anilines is 1. The van der Waals surface area contributed by atoms with E-state index in [0.29, 0.717) is 11.5 Å². The minimum Gasteiger partial charge on any atom is -0.491 e. The molecule has 0 fully saturated rings. The highest BCUT2D eigenvalue weighted by atomic mass is 32.2. The zero-order chi connectivity index (χ0) is 12.8. The van der Waals surface area contributed by atoms with E-state index in [9.17, 15) is 9.18 Å². The molecule has 0 aliphatic carbocycles. The average Bonchev–Trinajstić information content (AvgIpc) is 2.30. The molecule has 1 aromatic carbocycles. The average molecular weight is 259 g/mol. The van der Waals surface area contributed by atoms with Crippen LogP contribution in [0.5, 0.6) is 5.75 Å². The van der Waals surface area contributed by atoms with Gasteiger partial charge < -0.3 is 15.2 Å². The smallest absolute Gasteiger partial charge is 0.315 e. The summed E-state index contributed by atoms with van der Waals surface area (Å²) in [6, 6.07) is 2.67. The first-order chi connectivity index (χ1) is 8.08. The molecule has 1 aromatic rings. The van der Waals surface area contributed by atoms with Gasteiger partial charge in [-0.2, -0.15) is 0 Å². The largest absolute Gasteiger partial charge is 0.491 e. The molecular weight excluding hydrogens is 245 g/mol. The Kier molecular flexibility index (Phi) is 5.09. The second-order valence-corrected chi connectivity index (χ2v) is 4.14. The molecule has 0 aliphatic rings. The topological polar surface area (TPSA) is 61.5 Å². The van der Waals surface area contributed by atoms with Crippen molar-refractivity contribution in [3.8, 4) is 5.75 Å². The van der Waals surface area contributed by atoms with Gasteiger partial charge in [0.05, 0.1) is 19.5 Å². The molecule has 94 valence electrons. The van der Waals surface area contributed by atoms with Gasteiger partial charge in [0.25, 0.3) is 0 Å². The molecule has 0 unspecified atom stereocenters. The number of methoxy groups -OCH3 is 1. The van der Waals surface area contributed by atoms with Crippen molar-refractivity contribution >= 4 is 23.4 Å². The Bertz CT molecular complexity index is 412. The van der Waals surface area contributed by atoms with Crippen LogP contribution in [0.2, 0.25) is 0 Å². The fourth-order valence-electron chi connectivity index (χ4n) is 1.14. The molecule has 0 radical (unpaired) electrons. The van der Waals surface area contributed by atoms with Crippen LogP contribution in [0.1, 0.15) is 6.92 Å². The Hall–Kier alpha value is -1.43. The van der Waals surface area contributed by atoms with Crippen LogP contribution in [0.15, 0.2) is 17.0 Å². The van der Waals surface area contributed by atoms with E-state index in [1.165, 1.54) is 31.0 Å². The van der Waals surface area contributed by atoms with Gasteiger partial charge in [0, 0.05) is 16.6 Å². The number of halogens is 1. The number of esters is 1. The number of hydrogen-bond acceptors (Lipinski definition) is 5. The van der Waals surface area contributed by atoms with Crippen molar-refractivity contribution in [2.45, 2.75) is 11.8 Å². The Morgan fingerprint density at radius 3 is 2.82 bits per heavy atom. The van der Waals surface area contributed by atoms with E-state index in [1.54, 1.807) is 6.92 Å². The molecule has 0 saturated heterocycles. The lowest BCUT2D eigenvalue weighted by atomic mass is 10.3. The van der Waals surface area contributed by atoms with Crippen molar-refractivity contribution in [3.63, 3.8) is 0 Å². The van der Waals surface area contributed by atoms with E-state index in [-0.39, 0.29) is 23.2 Å². The fraction of sp³-hybridized carbons (Fsp3) is 0.364. The first-order valence-electron chi connectivity index (χ1n) is 5.00. The number of ether oxygens (including phenoxy) is 2. The summed E-state index contributed by atoms with van der Waals surface area (Å²) in [4.78, 5) is 11.6. The number of carbonyl (C=O) groups excluding carboxylic acids is 1. The lowest BCUT2D eigenvalue weighted by Gasteiger charge is -2.09. The van der Waals surface area contributed by atoms with Gasteiger partial charge in [0.1, 0.15) is 0 Å². The summed E-state index contributed by atoms with van der Waals surface area (Å²) < 4.78 is 23.0. The van der Waals surface area contributed by atoms with Crippen LogP contribution in [-0.4, -0.2) is 25.4 Å². The number of benzene rings is 1. The SMILES string of the molecule is CCOc1cc(SCC(=O)OC)c(N)cc1F. The summed E-state index contributed by atoms with van der Waals surface area (Å²) in [5, 5.41) is 0. The normalized spacial score (nSPS) is 10.1. The van der Waals surface area contributed by atoms with Gasteiger partial charge in [-0.3, -0.25) is 4.79 Å². The van der Waals surface area contributed by atoms with E-state index < -0.39 is 5.82 Å². The third-order valence-electron chi connectivity index (χ3n) is 1.94. The highest BCUT2D eigenvalue weighted by Crippen LogP contribution is 2.31. The number of thioether (sulfide) groups is 1. The predicted octanol–water partition coefficient (Wildman–Crippen LogP) is 2.07. The third-order valence-corrected chi connectivity index (χ3v) is 2.98. The Balaban J connectivity index is 2.83. The zero-order valence-corrected chi connectivity index (χ0v) is 10.5. The monoisotopic (exact) mass is 259 g/mol. The van der Waals surface area contributed by atoms with Crippen molar-refractivity contribution < 1.29 is 18.7 Å². The molecule has 2 N–H and O–H groups in total. The first kappa shape index (κ1) is 13.6. The molecule has 0 atom stereocenters. The summed E-state index contributed by atoms with van der Waals surface area (Å²) in [5.41, 5.74) is 5.92. The van der Waals surface area contributed by atoms with E-state index in [2.05, 4.69) is 4.74 Å². The highest BCUT2D eigenvalue weighted by molar-refractivity contribution is 8.00. The van der Waals surface area contributed by atoms with Crippen LogP contribution in [-0.2, 0) is 9.53 Å². The molecular formula is C11H14FNO3S. The second-order valence-electron chi connectivity index (χ2n) is 3.12. The van der Waals surface area contributed by atoms with Crippen molar-refractivity contribution in [1.29, 1.82) is 0 Å². The molecule has 0 saturated carbocycles. The van der Waals surface area contributed by atoms with Crippen molar-refractivity contribution in [2.75, 3.05) is 25.2 Å². The molecule has 0 heterocycles. The van der Waals surface area contributed by atoms with Crippen LogP contribution < -0.4 is 10.5 Å². The second kappa shape index (κ2) is 6.34. The number of carbonyl (C=O) groups is 1. The molecule has 1 rings (SSSR count). The number of rotatable bonds is 5. The molecule has 6 heteroatoms. The maximum Gasteiger partial charge on any atom is 0.315 e. The maximum atomic E-state index is 13.4. The summed E-state index contributed by atoms with van der Waals surface area (Å²) in [5.74, 6) is -0.615. The van der Waals surface area contributed by atoms with Gasteiger partial charge in [-0.1, -0.05) is 0 Å². The lowest BCUT2D eigenvalue weighted by molar-refractivity contribution is -0.137. The molecule has 4 nitrogen and oxygen atoms in total. The summed E-state index contributed by atoms with van der Waals surface area (Å²) in [6.45, 7) is 2.12. The van der Waals surface area contributed by atoms with Gasteiger partial charge >= 0.3 is 5.97 Å². The van der Waals surface area contributed by atoms with Gasteiger partial charge in [-0.15, -0.1) is 11.8 Å². The van der Waals surface area contributed by atoms with Crippen LogP contribution in [0.25, 0.3) is 0 Å². The van der Waals surface area contributed by atoms with Crippen LogP contribution >= 0.6 is 11.8 Å². The summed E-state index contributed by atoms with van der Waals surface area (Å²) in [7, 11) is 1.31. The van der Waals surface area contributed by atoms with Crippen molar-refractivity contribution in [1.82, 2.24) is 0 Å². The minimum atomic E-state index is -0.508. The van der Waals surface area contributed by atoms with Crippen LogP contribution in [0.4, 0.5) is 10.1 Å². The number of nitrogens with two attached hydrogens (primary N) is 1. The highest BCUT2D eigenvalue weighted by Gasteiger charge is 2.11. The summed E-state index contributed by atoms with van der Waals surface area (Å²) >= 11 is 1.18. The minimum absolute atomic E-state index is 0.123. The fourth-order valence-corrected chi connectivity index (χ4v) is 1.94. The lowest BCUT2D eigenvalue weighted by Crippen LogP contribution is -2.04. The maximum absolute atomic E-state index is 13.4. The Morgan fingerprint density at radius 2 is 2.24 bits per heavy atom. The van der Waals surface area contributed by atoms with Crippen molar-refractivity contribution in [3.05, 3.63) is 17.9 Å². The molecule has 0 spiro atoms. The molecule has 0 aromatic heterocycles. The Labute approximate surface area is 103 Å². The van der Waals surface area contributed by atoms with Gasteiger partial charge in [-0.25, -0.2) is 4.39 Å². The van der Waals surface area contributed by atoms with Crippen LogP contribution in [0, 0.1) is 5.82 Å². The number of hydrogen-bond donors (Lipinski definition) is 1. The molecule has 0 bridgehead atoms. The standard InChI is InChI=1S/C11H14FNO3S/c1-3-16-9-5-10(8(13)4-7(9)12)17-6-11(14)15-2/h4-5H,3,6,13H2,1-2H3. The molecule has 17 heavy (non-hydrogen) atoms. The predicted molar refractivity (Wildman–Crippen MR) is 64.7 cm³/mol. The van der Waals surface area contributed by atoms with Gasteiger partial charge in [-0.05, 0) is 13.0 Å². The van der Waals surface area contributed by atoms with Gasteiger partial charge in [0.2, 0.25) is 0 Å². The van der Waals surface area contributed by atoms with E-state index in [0.717, 1.165) is 0 Å². The quantitative estimate of drug-likeness (QED) is 0.498. The first-order valence-corrected chi connectivity index (χ1v) is 5.98.